The van der Waals surface area contributed by atoms with Crippen LogP contribution in [0.3, 0.4) is 0 Å². The van der Waals surface area contributed by atoms with Gasteiger partial charge in [-0.05, 0) is 0 Å². The minimum Gasteiger partial charge on any atom is -0.354 e. The summed E-state index contributed by atoms with van der Waals surface area (Å²) in [4.78, 5) is 11.0. The normalized spacial score (nSPS) is 10.9. The maximum absolute atomic E-state index is 11.0. The third-order valence-corrected chi connectivity index (χ3v) is 2.31. The van der Waals surface area contributed by atoms with Gasteiger partial charge in [0.05, 0.1) is 12.3 Å². The smallest absolute Gasteiger partial charge is 0.233 e. The Morgan fingerprint density at radius 1 is 1.50 bits per heavy atom. The number of hydrogen-bond donors (Lipinski definition) is 2. The van der Waals surface area contributed by atoms with E-state index in [0.717, 1.165) is 6.26 Å². The van der Waals surface area contributed by atoms with Crippen molar-refractivity contribution in [2.24, 2.45) is 0 Å². The second kappa shape index (κ2) is 6.56. The molecule has 0 bridgehead atoms. The van der Waals surface area contributed by atoms with Gasteiger partial charge in [-0.1, -0.05) is 6.08 Å². The summed E-state index contributed by atoms with van der Waals surface area (Å²) < 4.78 is 21.4. The molecule has 0 heterocycles. The summed E-state index contributed by atoms with van der Waals surface area (Å²) in [7, 11) is -3.00. The molecule has 0 aliphatic rings. The van der Waals surface area contributed by atoms with Gasteiger partial charge in [-0.2, -0.15) is 0 Å². The summed E-state index contributed by atoms with van der Waals surface area (Å²) in [6.07, 6.45) is 2.78. The highest BCUT2D eigenvalue weighted by molar-refractivity contribution is 7.90. The fraction of sp³-hybridized carbons (Fsp3) is 0.625. The van der Waals surface area contributed by atoms with E-state index >= 15 is 0 Å². The number of carbonyl (C=O) groups is 1. The highest BCUT2D eigenvalue weighted by Crippen LogP contribution is 1.79. The van der Waals surface area contributed by atoms with Gasteiger partial charge in [0.1, 0.15) is 9.84 Å². The van der Waals surface area contributed by atoms with E-state index < -0.39 is 9.84 Å². The van der Waals surface area contributed by atoms with Crippen molar-refractivity contribution in [2.75, 3.05) is 31.6 Å². The minimum atomic E-state index is -3.00. The Balaban J connectivity index is 3.50. The molecule has 0 aromatic heterocycles. The number of hydrogen-bond acceptors (Lipinski definition) is 4. The minimum absolute atomic E-state index is 0.0276. The van der Waals surface area contributed by atoms with Crippen molar-refractivity contribution >= 4 is 15.7 Å². The van der Waals surface area contributed by atoms with Crippen molar-refractivity contribution in [3.8, 4) is 0 Å². The van der Waals surface area contributed by atoms with Gasteiger partial charge in [0.15, 0.2) is 0 Å². The van der Waals surface area contributed by atoms with Gasteiger partial charge in [-0.15, -0.1) is 6.58 Å². The number of sulfone groups is 1. The summed E-state index contributed by atoms with van der Waals surface area (Å²) in [5.41, 5.74) is 0. The van der Waals surface area contributed by atoms with E-state index in [2.05, 4.69) is 17.2 Å². The van der Waals surface area contributed by atoms with Gasteiger partial charge in [0.2, 0.25) is 5.91 Å². The molecule has 0 fully saturated rings. The summed E-state index contributed by atoms with van der Waals surface area (Å²) in [5.74, 6) is -0.240. The highest BCUT2D eigenvalue weighted by Gasteiger charge is 2.03. The molecule has 0 rings (SSSR count). The van der Waals surface area contributed by atoms with Gasteiger partial charge >= 0.3 is 0 Å². The summed E-state index contributed by atoms with van der Waals surface area (Å²) >= 11 is 0. The van der Waals surface area contributed by atoms with Crippen molar-refractivity contribution < 1.29 is 13.2 Å². The zero-order chi connectivity index (χ0) is 11.0. The van der Waals surface area contributed by atoms with Crippen LogP contribution in [0.25, 0.3) is 0 Å². The van der Waals surface area contributed by atoms with E-state index in [9.17, 15) is 13.2 Å². The van der Waals surface area contributed by atoms with Gasteiger partial charge in [0.25, 0.3) is 0 Å². The van der Waals surface area contributed by atoms with Crippen LogP contribution in [0.2, 0.25) is 0 Å². The first-order valence-electron chi connectivity index (χ1n) is 4.22. The van der Waals surface area contributed by atoms with Crippen LogP contribution in [-0.2, 0) is 14.6 Å². The average Bonchev–Trinajstić information content (AvgIpc) is 2.02. The van der Waals surface area contributed by atoms with Crippen LogP contribution in [0.5, 0.6) is 0 Å². The first-order valence-corrected chi connectivity index (χ1v) is 6.28. The lowest BCUT2D eigenvalue weighted by Gasteiger charge is -2.04. The van der Waals surface area contributed by atoms with E-state index in [1.807, 2.05) is 0 Å². The largest absolute Gasteiger partial charge is 0.354 e. The Bertz CT molecular complexity index is 285. The van der Waals surface area contributed by atoms with Crippen LogP contribution in [0.15, 0.2) is 12.7 Å². The molecular weight excluding hydrogens is 204 g/mol. The number of rotatable bonds is 7. The molecule has 0 atom stereocenters. The lowest BCUT2D eigenvalue weighted by atomic mass is 10.5. The van der Waals surface area contributed by atoms with E-state index in [4.69, 9.17) is 0 Å². The molecule has 0 saturated heterocycles. The van der Waals surface area contributed by atoms with Crippen LogP contribution >= 0.6 is 0 Å². The quantitative estimate of drug-likeness (QED) is 0.423. The second-order valence-electron chi connectivity index (χ2n) is 2.90. The van der Waals surface area contributed by atoms with E-state index in [1.54, 1.807) is 6.08 Å². The molecule has 0 aromatic rings. The van der Waals surface area contributed by atoms with Crippen molar-refractivity contribution in [1.29, 1.82) is 0 Å². The molecular formula is C8H16N2O3S. The number of amides is 1. The Labute approximate surface area is 84.5 Å². The predicted molar refractivity (Wildman–Crippen MR) is 55.8 cm³/mol. The molecule has 1 amide bonds. The van der Waals surface area contributed by atoms with E-state index in [1.165, 1.54) is 0 Å². The first kappa shape index (κ1) is 13.1. The molecule has 0 unspecified atom stereocenters. The third-order valence-electron chi connectivity index (χ3n) is 1.37. The van der Waals surface area contributed by atoms with Crippen LogP contribution in [0.4, 0.5) is 0 Å². The zero-order valence-electron chi connectivity index (χ0n) is 8.25. The van der Waals surface area contributed by atoms with Crippen LogP contribution < -0.4 is 10.6 Å². The Morgan fingerprint density at radius 3 is 2.64 bits per heavy atom. The molecule has 0 spiro atoms. The third kappa shape index (κ3) is 9.21. The second-order valence-corrected chi connectivity index (χ2v) is 5.16. The van der Waals surface area contributed by atoms with Gasteiger partial charge in [0, 0.05) is 19.3 Å². The van der Waals surface area contributed by atoms with Gasteiger partial charge in [-0.25, -0.2) is 8.42 Å². The monoisotopic (exact) mass is 220 g/mol. The molecule has 0 aliphatic carbocycles. The molecule has 5 nitrogen and oxygen atoms in total. The number of carbonyl (C=O) groups excluding carboxylic acids is 1. The van der Waals surface area contributed by atoms with Crippen LogP contribution in [0, 0.1) is 0 Å². The fourth-order valence-electron chi connectivity index (χ4n) is 0.726. The predicted octanol–water partition coefficient (Wildman–Crippen LogP) is -1.08. The van der Waals surface area contributed by atoms with Crippen LogP contribution in [0.1, 0.15) is 0 Å². The molecule has 14 heavy (non-hydrogen) atoms. The molecule has 6 heteroatoms. The molecule has 82 valence electrons. The lowest BCUT2D eigenvalue weighted by Crippen LogP contribution is -2.36. The molecule has 0 aliphatic heterocycles. The van der Waals surface area contributed by atoms with Crippen molar-refractivity contribution in [1.82, 2.24) is 10.6 Å². The van der Waals surface area contributed by atoms with Gasteiger partial charge < -0.3 is 10.6 Å². The maximum Gasteiger partial charge on any atom is 0.233 e. The topological polar surface area (TPSA) is 75.3 Å². The Morgan fingerprint density at radius 2 is 2.14 bits per heavy atom. The Kier molecular flexibility index (Phi) is 6.14. The van der Waals surface area contributed by atoms with Gasteiger partial charge in [-0.3, -0.25) is 4.79 Å². The van der Waals surface area contributed by atoms with E-state index in [0.29, 0.717) is 6.54 Å². The summed E-state index contributed by atoms with van der Waals surface area (Å²) in [6.45, 7) is 4.37. The summed E-state index contributed by atoms with van der Waals surface area (Å²) in [6, 6.07) is 0. The molecule has 0 aromatic carbocycles. The van der Waals surface area contributed by atoms with Crippen molar-refractivity contribution in [2.45, 2.75) is 0 Å². The lowest BCUT2D eigenvalue weighted by molar-refractivity contribution is -0.120. The number of nitrogens with one attached hydrogen (secondary N) is 2. The highest BCUT2D eigenvalue weighted by atomic mass is 32.2. The molecule has 2 N–H and O–H groups in total. The first-order chi connectivity index (χ1) is 6.45. The van der Waals surface area contributed by atoms with E-state index in [-0.39, 0.29) is 24.7 Å². The standard InChI is InChI=1S/C8H16N2O3S/c1-3-4-9-7-8(11)10-5-6-14(2,12)13/h3,9H,1,4-7H2,2H3,(H,10,11). The molecule has 0 saturated carbocycles. The van der Waals surface area contributed by atoms with Crippen molar-refractivity contribution in [3.05, 3.63) is 12.7 Å². The van der Waals surface area contributed by atoms with Crippen molar-refractivity contribution in [3.63, 3.8) is 0 Å². The fourth-order valence-corrected chi connectivity index (χ4v) is 1.20. The zero-order valence-corrected chi connectivity index (χ0v) is 9.06. The maximum atomic E-state index is 11.0. The van der Waals surface area contributed by atoms with Crippen LogP contribution in [-0.4, -0.2) is 46.0 Å². The average molecular weight is 220 g/mol. The SMILES string of the molecule is C=CCNCC(=O)NCCS(C)(=O)=O. The molecule has 0 radical (unpaired) electrons. The summed E-state index contributed by atoms with van der Waals surface area (Å²) in [5, 5.41) is 5.29. The Hall–Kier alpha value is -0.880.